The minimum atomic E-state index is -1.14. The predicted octanol–water partition coefficient (Wildman–Crippen LogP) is 5.41. The van der Waals surface area contributed by atoms with Crippen molar-refractivity contribution in [3.63, 3.8) is 0 Å². The van der Waals surface area contributed by atoms with Crippen molar-refractivity contribution in [2.24, 2.45) is 11.7 Å². The summed E-state index contributed by atoms with van der Waals surface area (Å²) in [4.78, 5) is 44.0. The van der Waals surface area contributed by atoms with Crippen LogP contribution in [0.2, 0.25) is 0 Å². The number of hydrogen-bond donors (Lipinski definition) is 1. The Balaban J connectivity index is 1.81. The van der Waals surface area contributed by atoms with Crippen LogP contribution in [0.25, 0.3) is 0 Å². The van der Waals surface area contributed by atoms with Gasteiger partial charge in [0.2, 0.25) is 0 Å². The highest BCUT2D eigenvalue weighted by molar-refractivity contribution is 7.10. The Morgan fingerprint density at radius 3 is 2.42 bits per heavy atom. The van der Waals surface area contributed by atoms with Gasteiger partial charge in [0.15, 0.2) is 5.78 Å². The minimum Gasteiger partial charge on any atom is -0.465 e. The first kappa shape index (κ1) is 27.3. The summed E-state index contributed by atoms with van der Waals surface area (Å²) in [6, 6.07) is 18.6. The van der Waals surface area contributed by atoms with Crippen molar-refractivity contribution in [3.8, 4) is 0 Å². The molecule has 0 bridgehead atoms. The fourth-order valence-electron chi connectivity index (χ4n) is 5.60. The summed E-state index contributed by atoms with van der Waals surface area (Å²) in [7, 11) is 0. The van der Waals surface area contributed by atoms with Crippen LogP contribution < -0.4 is 10.6 Å². The van der Waals surface area contributed by atoms with Crippen LogP contribution >= 0.6 is 11.3 Å². The lowest BCUT2D eigenvalue weighted by atomic mass is 9.68. The molecule has 1 aromatic heterocycles. The van der Waals surface area contributed by atoms with Crippen LogP contribution in [0.4, 0.5) is 10.1 Å². The van der Waals surface area contributed by atoms with E-state index in [4.69, 9.17) is 15.2 Å². The molecule has 206 valence electrons. The highest BCUT2D eigenvalue weighted by Gasteiger charge is 2.51. The normalized spacial score (nSPS) is 20.8. The molecule has 40 heavy (non-hydrogen) atoms. The highest BCUT2D eigenvalue weighted by atomic mass is 32.1. The Morgan fingerprint density at radius 2 is 1.77 bits per heavy atom. The molecule has 1 aliphatic heterocycles. The Bertz CT molecular complexity index is 1500. The van der Waals surface area contributed by atoms with Gasteiger partial charge in [-0.05, 0) is 61.5 Å². The zero-order valence-corrected chi connectivity index (χ0v) is 23.0. The number of Topliss-reactive ketones (excluding diaryl/α,β-unsaturated/α-hetero) is 1. The van der Waals surface area contributed by atoms with E-state index in [1.54, 1.807) is 24.8 Å². The molecule has 0 saturated carbocycles. The smallest absolute Gasteiger partial charge is 0.338 e. The molecule has 2 aliphatic rings. The number of thiophene rings is 1. The number of carbonyl (C=O) groups is 3. The number of nitrogens with zero attached hydrogens (tertiary/aromatic N) is 1. The molecule has 0 radical (unpaired) electrons. The molecule has 2 heterocycles. The van der Waals surface area contributed by atoms with Gasteiger partial charge in [-0.25, -0.2) is 9.18 Å². The van der Waals surface area contributed by atoms with Gasteiger partial charge in [-0.2, -0.15) is 0 Å². The van der Waals surface area contributed by atoms with E-state index in [-0.39, 0.29) is 36.6 Å². The molecule has 2 aromatic carbocycles. The monoisotopic (exact) mass is 560 g/mol. The molecule has 7 nitrogen and oxygen atoms in total. The Kier molecular flexibility index (Phi) is 7.84. The maximum atomic E-state index is 14.6. The first-order valence-electron chi connectivity index (χ1n) is 13.1. The first-order chi connectivity index (χ1) is 19.4. The topological polar surface area (TPSA) is 98.9 Å². The van der Waals surface area contributed by atoms with Crippen molar-refractivity contribution in [2.45, 2.75) is 32.1 Å². The van der Waals surface area contributed by atoms with E-state index in [0.29, 0.717) is 16.9 Å². The van der Waals surface area contributed by atoms with Crippen LogP contribution in [0, 0.1) is 11.7 Å². The average molecular weight is 561 g/mol. The van der Waals surface area contributed by atoms with Crippen LogP contribution in [0.5, 0.6) is 0 Å². The lowest BCUT2D eigenvalue weighted by Gasteiger charge is -2.43. The minimum absolute atomic E-state index is 0.0144. The summed E-state index contributed by atoms with van der Waals surface area (Å²) in [5, 5.41) is 1.89. The third-order valence-corrected chi connectivity index (χ3v) is 8.18. The number of para-hydroxylation sites is 1. The molecule has 0 fully saturated rings. The molecular weight excluding hydrogens is 531 g/mol. The predicted molar refractivity (Wildman–Crippen MR) is 150 cm³/mol. The fraction of sp³-hybridized carbons (Fsp3) is 0.258. The second-order valence-electron chi connectivity index (χ2n) is 9.46. The molecule has 0 spiro atoms. The van der Waals surface area contributed by atoms with Gasteiger partial charge in [0.25, 0.3) is 0 Å². The van der Waals surface area contributed by atoms with Crippen molar-refractivity contribution in [1.82, 2.24) is 0 Å². The van der Waals surface area contributed by atoms with Crippen LogP contribution in [-0.2, 0) is 23.9 Å². The van der Waals surface area contributed by atoms with Crippen molar-refractivity contribution >= 4 is 34.7 Å². The molecule has 0 amide bonds. The maximum absolute atomic E-state index is 14.6. The van der Waals surface area contributed by atoms with E-state index >= 15 is 0 Å². The highest BCUT2D eigenvalue weighted by Crippen LogP contribution is 2.52. The molecule has 3 atom stereocenters. The van der Waals surface area contributed by atoms with Gasteiger partial charge < -0.3 is 15.2 Å². The molecular formula is C31H29FN2O5S. The second-order valence-corrected chi connectivity index (χ2v) is 10.4. The third-order valence-electron chi connectivity index (χ3n) is 7.18. The maximum Gasteiger partial charge on any atom is 0.338 e. The molecule has 1 aliphatic carbocycles. The number of ketones is 1. The summed E-state index contributed by atoms with van der Waals surface area (Å²) in [5.41, 5.74) is 8.56. The summed E-state index contributed by atoms with van der Waals surface area (Å²) in [6.07, 6.45) is 0.266. The number of hydrogen-bond acceptors (Lipinski definition) is 8. The van der Waals surface area contributed by atoms with Crippen molar-refractivity contribution in [3.05, 3.63) is 111 Å². The number of ether oxygens (including phenoxy) is 2. The molecule has 5 rings (SSSR count). The van der Waals surface area contributed by atoms with E-state index in [1.807, 2.05) is 47.8 Å². The second kappa shape index (κ2) is 11.5. The van der Waals surface area contributed by atoms with E-state index in [1.165, 1.54) is 29.5 Å². The van der Waals surface area contributed by atoms with Gasteiger partial charge in [0, 0.05) is 27.8 Å². The van der Waals surface area contributed by atoms with Gasteiger partial charge >= 0.3 is 11.9 Å². The number of benzene rings is 2. The van der Waals surface area contributed by atoms with Gasteiger partial charge in [0.05, 0.1) is 24.7 Å². The van der Waals surface area contributed by atoms with Crippen molar-refractivity contribution in [2.75, 3.05) is 18.1 Å². The fourth-order valence-corrected chi connectivity index (χ4v) is 6.47. The van der Waals surface area contributed by atoms with Crippen LogP contribution in [0.1, 0.15) is 42.5 Å². The van der Waals surface area contributed by atoms with Crippen LogP contribution in [0.15, 0.2) is 94.8 Å². The average Bonchev–Trinajstić information content (AvgIpc) is 3.48. The number of rotatable bonds is 7. The third kappa shape index (κ3) is 4.81. The number of anilines is 1. The Morgan fingerprint density at radius 1 is 1.02 bits per heavy atom. The number of halogens is 1. The number of allylic oxidation sites excluding steroid dienone is 2. The number of carbonyl (C=O) groups excluding carboxylic acids is 3. The first-order valence-corrected chi connectivity index (χ1v) is 14.0. The Labute approximate surface area is 235 Å². The molecule has 9 heteroatoms. The molecule has 0 saturated heterocycles. The lowest BCUT2D eigenvalue weighted by Crippen LogP contribution is -2.46. The number of nitrogens with two attached hydrogens (primary N) is 1. The Hall–Kier alpha value is -4.24. The van der Waals surface area contributed by atoms with E-state index in [9.17, 15) is 18.8 Å². The van der Waals surface area contributed by atoms with E-state index < -0.39 is 41.3 Å². The SMILES string of the molecule is CCOC(=O)C1=C(N)N(c2ccccc2)C2=C(C(=O)[C@H](C(=O)OCC)[C@@H](c3cccs3)C2)[C@H]1c1cccc(F)c1. The van der Waals surface area contributed by atoms with Crippen molar-refractivity contribution < 1.29 is 28.2 Å². The quantitative estimate of drug-likeness (QED) is 0.305. The summed E-state index contributed by atoms with van der Waals surface area (Å²) in [6.45, 7) is 3.53. The summed E-state index contributed by atoms with van der Waals surface area (Å²) < 4.78 is 25.4. The van der Waals surface area contributed by atoms with Gasteiger partial charge in [0.1, 0.15) is 17.6 Å². The standard InChI is InChI=1S/C31H29FN2O5S/c1-3-38-30(36)25-21(23-14-9-15-40-23)17-22-26(28(25)35)24(18-10-8-11-19(32)16-18)27(31(37)39-4-2)29(33)34(22)20-12-6-5-7-13-20/h5-16,21,24-25H,3-4,17,33H2,1-2H3/t21-,24-,25-/m1/s1. The zero-order valence-electron chi connectivity index (χ0n) is 22.1. The van der Waals surface area contributed by atoms with Gasteiger partial charge in [-0.3, -0.25) is 14.5 Å². The van der Waals surface area contributed by atoms with E-state index in [0.717, 1.165) is 4.88 Å². The van der Waals surface area contributed by atoms with E-state index in [2.05, 4.69) is 0 Å². The largest absolute Gasteiger partial charge is 0.465 e. The van der Waals surface area contributed by atoms with Crippen LogP contribution in [-0.4, -0.2) is 30.9 Å². The van der Waals surface area contributed by atoms with Crippen LogP contribution in [0.3, 0.4) is 0 Å². The zero-order chi connectivity index (χ0) is 28.4. The van der Waals surface area contributed by atoms with Gasteiger partial charge in [-0.15, -0.1) is 11.3 Å². The lowest BCUT2D eigenvalue weighted by molar-refractivity contribution is -0.152. The summed E-state index contributed by atoms with van der Waals surface area (Å²) >= 11 is 1.45. The number of esters is 2. The molecule has 0 unspecified atom stereocenters. The summed E-state index contributed by atoms with van der Waals surface area (Å²) in [5.74, 6) is -4.99. The molecule has 2 N–H and O–H groups in total. The van der Waals surface area contributed by atoms with Gasteiger partial charge in [-0.1, -0.05) is 36.4 Å². The molecule has 3 aromatic rings. The van der Waals surface area contributed by atoms with Crippen molar-refractivity contribution in [1.29, 1.82) is 0 Å².